The van der Waals surface area contributed by atoms with Gasteiger partial charge in [-0.2, -0.15) is 0 Å². The Kier molecular flexibility index (Phi) is 5.25. The van der Waals surface area contributed by atoms with E-state index >= 15 is 0 Å². The standard InChI is InChI=1S/C18H15FO4/c1-12-2-8-17(15(10-12)16(20)7-9-18(21)22)23-11-13-3-5-14(19)6-4-13/h2-10H,11H2,1H3,(H,21,22)/b9-7+. The van der Waals surface area contributed by atoms with Crippen molar-refractivity contribution in [1.29, 1.82) is 0 Å². The van der Waals surface area contributed by atoms with Crippen LogP contribution in [-0.4, -0.2) is 16.9 Å². The van der Waals surface area contributed by atoms with Crippen molar-refractivity contribution < 1.29 is 23.8 Å². The summed E-state index contributed by atoms with van der Waals surface area (Å²) in [5.41, 5.74) is 1.89. The minimum Gasteiger partial charge on any atom is -0.488 e. The maximum atomic E-state index is 12.9. The summed E-state index contributed by atoms with van der Waals surface area (Å²) in [6.45, 7) is 1.99. The number of carboxylic acids is 1. The second kappa shape index (κ2) is 7.35. The molecule has 2 rings (SSSR count). The fourth-order valence-corrected chi connectivity index (χ4v) is 1.94. The molecule has 23 heavy (non-hydrogen) atoms. The molecule has 0 fully saturated rings. The van der Waals surface area contributed by atoms with Gasteiger partial charge in [0.1, 0.15) is 18.2 Å². The van der Waals surface area contributed by atoms with Gasteiger partial charge in [0.25, 0.3) is 0 Å². The number of aliphatic carboxylic acids is 1. The third-order valence-corrected chi connectivity index (χ3v) is 3.09. The largest absolute Gasteiger partial charge is 0.488 e. The summed E-state index contributed by atoms with van der Waals surface area (Å²) in [7, 11) is 0. The minimum absolute atomic E-state index is 0.173. The Bertz CT molecular complexity index is 748. The zero-order valence-corrected chi connectivity index (χ0v) is 12.5. The monoisotopic (exact) mass is 314 g/mol. The highest BCUT2D eigenvalue weighted by molar-refractivity contribution is 6.08. The molecule has 0 spiro atoms. The Morgan fingerprint density at radius 3 is 2.48 bits per heavy atom. The first kappa shape index (κ1) is 16.4. The number of carboxylic acid groups (broad SMARTS) is 1. The Hall–Kier alpha value is -2.95. The van der Waals surface area contributed by atoms with E-state index in [-0.39, 0.29) is 18.0 Å². The van der Waals surface area contributed by atoms with Crippen LogP contribution in [0.3, 0.4) is 0 Å². The van der Waals surface area contributed by atoms with E-state index in [0.717, 1.165) is 23.3 Å². The van der Waals surface area contributed by atoms with Crippen LogP contribution in [0.4, 0.5) is 4.39 Å². The summed E-state index contributed by atoms with van der Waals surface area (Å²) >= 11 is 0. The maximum absolute atomic E-state index is 12.9. The number of carbonyl (C=O) groups is 2. The molecule has 0 unspecified atom stereocenters. The van der Waals surface area contributed by atoms with Crippen molar-refractivity contribution in [1.82, 2.24) is 0 Å². The zero-order chi connectivity index (χ0) is 16.8. The van der Waals surface area contributed by atoms with Gasteiger partial charge in [0.15, 0.2) is 5.78 Å². The number of halogens is 1. The van der Waals surface area contributed by atoms with Gasteiger partial charge in [0, 0.05) is 6.08 Å². The van der Waals surface area contributed by atoms with Crippen molar-refractivity contribution in [2.24, 2.45) is 0 Å². The van der Waals surface area contributed by atoms with E-state index < -0.39 is 11.8 Å². The summed E-state index contributed by atoms with van der Waals surface area (Å²) in [5, 5.41) is 8.61. The van der Waals surface area contributed by atoms with Crippen LogP contribution in [0.1, 0.15) is 21.5 Å². The average Bonchev–Trinajstić information content (AvgIpc) is 2.53. The number of ketones is 1. The fourth-order valence-electron chi connectivity index (χ4n) is 1.94. The summed E-state index contributed by atoms with van der Waals surface area (Å²) < 4.78 is 18.5. The van der Waals surface area contributed by atoms with E-state index in [1.165, 1.54) is 12.1 Å². The van der Waals surface area contributed by atoms with Crippen LogP contribution < -0.4 is 4.74 Å². The van der Waals surface area contributed by atoms with Crippen molar-refractivity contribution in [3.8, 4) is 5.75 Å². The lowest BCUT2D eigenvalue weighted by Crippen LogP contribution is -2.04. The van der Waals surface area contributed by atoms with Crippen molar-refractivity contribution >= 4 is 11.8 Å². The number of ether oxygens (including phenoxy) is 1. The van der Waals surface area contributed by atoms with Crippen molar-refractivity contribution in [2.75, 3.05) is 0 Å². The van der Waals surface area contributed by atoms with E-state index in [9.17, 15) is 14.0 Å². The molecule has 0 aromatic heterocycles. The highest BCUT2D eigenvalue weighted by Crippen LogP contribution is 2.22. The molecule has 118 valence electrons. The lowest BCUT2D eigenvalue weighted by atomic mass is 10.1. The first-order valence-corrected chi connectivity index (χ1v) is 6.89. The van der Waals surface area contributed by atoms with Crippen molar-refractivity contribution in [3.05, 3.63) is 77.1 Å². The third kappa shape index (κ3) is 4.78. The number of benzene rings is 2. The average molecular weight is 314 g/mol. The Morgan fingerprint density at radius 1 is 1.13 bits per heavy atom. The SMILES string of the molecule is Cc1ccc(OCc2ccc(F)cc2)c(C(=O)/C=C/C(=O)O)c1. The second-order valence-corrected chi connectivity index (χ2v) is 4.95. The molecule has 0 atom stereocenters. The van der Waals surface area contributed by atoms with Gasteiger partial charge in [-0.15, -0.1) is 0 Å². The van der Waals surface area contributed by atoms with E-state index in [1.807, 2.05) is 6.92 Å². The molecule has 0 aliphatic heterocycles. The summed E-state index contributed by atoms with van der Waals surface area (Å²) in [6.07, 6.45) is 1.77. The molecule has 2 aromatic carbocycles. The van der Waals surface area contributed by atoms with Gasteiger partial charge in [-0.3, -0.25) is 4.79 Å². The Balaban J connectivity index is 2.19. The number of hydrogen-bond donors (Lipinski definition) is 1. The normalized spacial score (nSPS) is 10.7. The van der Waals surface area contributed by atoms with Crippen LogP contribution in [0.5, 0.6) is 5.75 Å². The Labute approximate surface area is 132 Å². The van der Waals surface area contributed by atoms with Gasteiger partial charge in [-0.1, -0.05) is 23.8 Å². The summed E-state index contributed by atoms with van der Waals surface area (Å²) in [5.74, 6) is -1.64. The third-order valence-electron chi connectivity index (χ3n) is 3.09. The van der Waals surface area contributed by atoms with E-state index in [0.29, 0.717) is 5.75 Å². The van der Waals surface area contributed by atoms with Crippen LogP contribution in [0.2, 0.25) is 0 Å². The molecular weight excluding hydrogens is 299 g/mol. The van der Waals surface area contributed by atoms with Crippen LogP contribution in [0.15, 0.2) is 54.6 Å². The topological polar surface area (TPSA) is 63.6 Å². The summed E-state index contributed by atoms with van der Waals surface area (Å²) in [4.78, 5) is 22.6. The molecule has 1 N–H and O–H groups in total. The van der Waals surface area contributed by atoms with Crippen LogP contribution in [-0.2, 0) is 11.4 Å². The van der Waals surface area contributed by atoms with Gasteiger partial charge < -0.3 is 9.84 Å². The van der Waals surface area contributed by atoms with Crippen molar-refractivity contribution in [3.63, 3.8) is 0 Å². The van der Waals surface area contributed by atoms with Gasteiger partial charge >= 0.3 is 5.97 Å². The van der Waals surface area contributed by atoms with Crippen molar-refractivity contribution in [2.45, 2.75) is 13.5 Å². The molecule has 0 amide bonds. The van der Waals surface area contributed by atoms with Gasteiger partial charge in [0.2, 0.25) is 0 Å². The predicted molar refractivity (Wildman–Crippen MR) is 83.0 cm³/mol. The first-order chi connectivity index (χ1) is 11.0. The number of carbonyl (C=O) groups excluding carboxylic acids is 1. The first-order valence-electron chi connectivity index (χ1n) is 6.89. The molecule has 4 nitrogen and oxygen atoms in total. The van der Waals surface area contributed by atoms with Crippen LogP contribution in [0.25, 0.3) is 0 Å². The zero-order valence-electron chi connectivity index (χ0n) is 12.5. The quantitative estimate of drug-likeness (QED) is 0.654. The van der Waals surface area contributed by atoms with Crippen LogP contribution >= 0.6 is 0 Å². The van der Waals surface area contributed by atoms with Gasteiger partial charge in [-0.05, 0) is 42.8 Å². The minimum atomic E-state index is -1.19. The summed E-state index contributed by atoms with van der Waals surface area (Å²) in [6, 6.07) is 10.9. The molecule has 0 aliphatic carbocycles. The molecular formula is C18H15FO4. The number of allylic oxidation sites excluding steroid dienone is 1. The van der Waals surface area contributed by atoms with Gasteiger partial charge in [0.05, 0.1) is 5.56 Å². The molecule has 0 saturated carbocycles. The number of rotatable bonds is 6. The molecule has 0 aliphatic rings. The highest BCUT2D eigenvalue weighted by Gasteiger charge is 2.11. The highest BCUT2D eigenvalue weighted by atomic mass is 19.1. The molecule has 0 bridgehead atoms. The smallest absolute Gasteiger partial charge is 0.328 e. The van der Waals surface area contributed by atoms with E-state index in [2.05, 4.69) is 0 Å². The van der Waals surface area contributed by atoms with Crippen LogP contribution in [0, 0.1) is 12.7 Å². The molecule has 5 heteroatoms. The number of aryl methyl sites for hydroxylation is 1. The van der Waals surface area contributed by atoms with E-state index in [1.54, 1.807) is 30.3 Å². The lowest BCUT2D eigenvalue weighted by molar-refractivity contribution is -0.131. The van der Waals surface area contributed by atoms with Gasteiger partial charge in [-0.25, -0.2) is 9.18 Å². The van der Waals surface area contributed by atoms with E-state index in [4.69, 9.17) is 9.84 Å². The number of hydrogen-bond acceptors (Lipinski definition) is 3. The lowest BCUT2D eigenvalue weighted by Gasteiger charge is -2.11. The fraction of sp³-hybridized carbons (Fsp3) is 0.111. The maximum Gasteiger partial charge on any atom is 0.328 e. The molecule has 0 radical (unpaired) electrons. The Morgan fingerprint density at radius 2 is 1.83 bits per heavy atom. The molecule has 2 aromatic rings. The molecule has 0 heterocycles. The second-order valence-electron chi connectivity index (χ2n) is 4.95. The predicted octanol–water partition coefficient (Wildman–Crippen LogP) is 3.54. The molecule has 0 saturated heterocycles.